The fourth-order valence-corrected chi connectivity index (χ4v) is 4.80. The maximum Gasteiger partial charge on any atom is 0.336 e. The molecule has 2 heterocycles. The molecule has 1 aromatic heterocycles. The molecule has 176 valence electrons. The number of esters is 1. The molecule has 1 unspecified atom stereocenters. The highest BCUT2D eigenvalue weighted by molar-refractivity contribution is 7.98. The van der Waals surface area contributed by atoms with Crippen LogP contribution >= 0.6 is 11.8 Å². The van der Waals surface area contributed by atoms with Crippen molar-refractivity contribution in [3.05, 3.63) is 92.7 Å². The van der Waals surface area contributed by atoms with Crippen molar-refractivity contribution in [2.75, 3.05) is 19.0 Å². The molecule has 0 radical (unpaired) electrons. The molecule has 2 aromatic carbocycles. The fraction of sp³-hybridized carbons (Fsp3) is 0.240. The van der Waals surface area contributed by atoms with E-state index in [1.807, 2.05) is 18.2 Å². The van der Waals surface area contributed by atoms with E-state index in [9.17, 15) is 14.0 Å². The largest absolute Gasteiger partial charge is 0.496 e. The molecule has 1 aliphatic heterocycles. The Morgan fingerprint density at radius 1 is 1.18 bits per heavy atom. The van der Waals surface area contributed by atoms with Gasteiger partial charge in [-0.3, -0.25) is 4.79 Å². The molecule has 0 saturated heterocycles. The van der Waals surface area contributed by atoms with Gasteiger partial charge in [0.05, 0.1) is 30.8 Å². The number of rotatable bonds is 7. The number of benzene rings is 2. The number of H-pyrrole nitrogens is 1. The van der Waals surface area contributed by atoms with Crippen molar-refractivity contribution in [1.29, 1.82) is 0 Å². The van der Waals surface area contributed by atoms with Crippen LogP contribution in [0.1, 0.15) is 36.5 Å². The van der Waals surface area contributed by atoms with Crippen molar-refractivity contribution in [2.45, 2.75) is 30.7 Å². The Hall–Kier alpha value is -3.59. The number of aromatic amines is 1. The first kappa shape index (κ1) is 23.6. The SMILES string of the molecule is CCOC(=O)C1=C(C)Nc2nc(SCc3ccccc3F)[nH]c(=O)c2C1c1ccccc1OC. The standard InChI is InChI=1S/C25H24FN3O4S/c1-4-33-24(31)19-14(2)27-22-21(20(19)16-10-6-8-12-18(16)32-3)23(30)29-25(28-22)34-13-15-9-5-7-11-17(15)26/h5-12,20H,4,13H2,1-3H3,(H2,27,28,29,30). The third-order valence-electron chi connectivity index (χ3n) is 5.49. The molecule has 2 N–H and O–H groups in total. The number of para-hydroxylation sites is 1. The van der Waals surface area contributed by atoms with Crippen LogP contribution in [0.5, 0.6) is 5.75 Å². The minimum atomic E-state index is -0.742. The van der Waals surface area contributed by atoms with Crippen molar-refractivity contribution in [3.8, 4) is 5.75 Å². The first-order valence-electron chi connectivity index (χ1n) is 10.7. The predicted octanol–water partition coefficient (Wildman–Crippen LogP) is 4.60. The molecule has 0 saturated carbocycles. The lowest BCUT2D eigenvalue weighted by Crippen LogP contribution is -2.31. The van der Waals surface area contributed by atoms with E-state index in [0.717, 1.165) is 0 Å². The Balaban J connectivity index is 1.80. The summed E-state index contributed by atoms with van der Waals surface area (Å²) in [6, 6.07) is 13.7. The number of hydrogen-bond acceptors (Lipinski definition) is 7. The van der Waals surface area contributed by atoms with Crippen molar-refractivity contribution in [2.24, 2.45) is 0 Å². The van der Waals surface area contributed by atoms with Gasteiger partial charge in [-0.15, -0.1) is 0 Å². The number of halogens is 1. The maximum absolute atomic E-state index is 14.0. The van der Waals surface area contributed by atoms with Crippen LogP contribution in [0, 0.1) is 5.82 Å². The summed E-state index contributed by atoms with van der Waals surface area (Å²) in [6.45, 7) is 3.66. The van der Waals surface area contributed by atoms with Gasteiger partial charge >= 0.3 is 5.97 Å². The van der Waals surface area contributed by atoms with Gasteiger partial charge < -0.3 is 19.8 Å². The average molecular weight is 482 g/mol. The molecule has 0 bridgehead atoms. The lowest BCUT2D eigenvalue weighted by Gasteiger charge is -2.29. The van der Waals surface area contributed by atoms with Crippen LogP contribution in [0.15, 0.2) is 69.8 Å². The zero-order valence-corrected chi connectivity index (χ0v) is 19.8. The van der Waals surface area contributed by atoms with Gasteiger partial charge in [-0.25, -0.2) is 14.2 Å². The first-order chi connectivity index (χ1) is 16.4. The Bertz CT molecular complexity index is 1320. The lowest BCUT2D eigenvalue weighted by molar-refractivity contribution is -0.138. The second-order valence-corrected chi connectivity index (χ2v) is 8.54. The number of fused-ring (bicyclic) bond motifs is 1. The van der Waals surface area contributed by atoms with Crippen LogP contribution in [0.25, 0.3) is 0 Å². The number of anilines is 1. The molecule has 34 heavy (non-hydrogen) atoms. The van der Waals surface area contributed by atoms with Crippen LogP contribution < -0.4 is 15.6 Å². The van der Waals surface area contributed by atoms with E-state index in [-0.39, 0.29) is 18.0 Å². The quantitative estimate of drug-likeness (QED) is 0.289. The number of methoxy groups -OCH3 is 1. The monoisotopic (exact) mass is 481 g/mol. The molecule has 0 amide bonds. The summed E-state index contributed by atoms with van der Waals surface area (Å²) in [5, 5.41) is 3.44. The van der Waals surface area contributed by atoms with Gasteiger partial charge in [0.2, 0.25) is 0 Å². The molecule has 0 fully saturated rings. The second-order valence-electron chi connectivity index (χ2n) is 7.57. The maximum atomic E-state index is 14.0. The fourth-order valence-electron chi connectivity index (χ4n) is 3.96. The lowest BCUT2D eigenvalue weighted by atomic mass is 9.82. The molecular formula is C25H24FN3O4S. The molecule has 4 rings (SSSR count). The van der Waals surface area contributed by atoms with E-state index < -0.39 is 17.4 Å². The Morgan fingerprint density at radius 3 is 2.65 bits per heavy atom. The summed E-state index contributed by atoms with van der Waals surface area (Å²) in [5.41, 5.74) is 1.89. The van der Waals surface area contributed by atoms with Crippen LogP contribution in [0.2, 0.25) is 0 Å². The molecule has 9 heteroatoms. The minimum Gasteiger partial charge on any atom is -0.496 e. The number of carbonyl (C=O) groups excluding carboxylic acids is 1. The number of nitrogens with one attached hydrogen (secondary N) is 2. The summed E-state index contributed by atoms with van der Waals surface area (Å²) < 4.78 is 24.8. The van der Waals surface area contributed by atoms with Crippen LogP contribution in [-0.2, 0) is 15.3 Å². The molecule has 3 aromatic rings. The summed E-state index contributed by atoms with van der Waals surface area (Å²) in [5.74, 6) is -0.413. The minimum absolute atomic E-state index is 0.196. The number of allylic oxidation sites excluding steroid dienone is 1. The van der Waals surface area contributed by atoms with Crippen LogP contribution in [-0.4, -0.2) is 29.7 Å². The average Bonchev–Trinajstić information content (AvgIpc) is 2.82. The smallest absolute Gasteiger partial charge is 0.336 e. The van der Waals surface area contributed by atoms with E-state index in [0.29, 0.717) is 44.9 Å². The van der Waals surface area contributed by atoms with E-state index >= 15 is 0 Å². The molecule has 7 nitrogen and oxygen atoms in total. The first-order valence-corrected chi connectivity index (χ1v) is 11.7. The highest BCUT2D eigenvalue weighted by Crippen LogP contribution is 2.43. The zero-order valence-electron chi connectivity index (χ0n) is 19.0. The summed E-state index contributed by atoms with van der Waals surface area (Å²) in [4.78, 5) is 33.7. The van der Waals surface area contributed by atoms with Gasteiger partial charge in [-0.1, -0.05) is 48.2 Å². The van der Waals surface area contributed by atoms with E-state index in [1.54, 1.807) is 38.1 Å². The summed E-state index contributed by atoms with van der Waals surface area (Å²) in [7, 11) is 1.53. The predicted molar refractivity (Wildman–Crippen MR) is 129 cm³/mol. The number of aromatic nitrogens is 2. The van der Waals surface area contributed by atoms with E-state index in [1.165, 1.54) is 24.9 Å². The van der Waals surface area contributed by atoms with Gasteiger partial charge in [0, 0.05) is 17.0 Å². The van der Waals surface area contributed by atoms with Gasteiger partial charge in [0.25, 0.3) is 5.56 Å². The van der Waals surface area contributed by atoms with Gasteiger partial charge in [0.15, 0.2) is 5.16 Å². The highest BCUT2D eigenvalue weighted by atomic mass is 32.2. The van der Waals surface area contributed by atoms with Gasteiger partial charge in [-0.05, 0) is 31.5 Å². The number of ether oxygens (including phenoxy) is 2. The van der Waals surface area contributed by atoms with E-state index in [2.05, 4.69) is 15.3 Å². The van der Waals surface area contributed by atoms with Crippen LogP contribution in [0.4, 0.5) is 10.2 Å². The van der Waals surface area contributed by atoms with Crippen LogP contribution in [0.3, 0.4) is 0 Å². The Morgan fingerprint density at radius 2 is 1.91 bits per heavy atom. The number of nitrogens with zero attached hydrogens (tertiary/aromatic N) is 1. The Kier molecular flexibility index (Phi) is 7.02. The van der Waals surface area contributed by atoms with Crippen molar-refractivity contribution in [3.63, 3.8) is 0 Å². The van der Waals surface area contributed by atoms with Crippen molar-refractivity contribution >= 4 is 23.5 Å². The highest BCUT2D eigenvalue weighted by Gasteiger charge is 2.37. The number of carbonyl (C=O) groups is 1. The number of hydrogen-bond donors (Lipinski definition) is 2. The normalized spacial score (nSPS) is 14.9. The number of thioether (sulfide) groups is 1. The summed E-state index contributed by atoms with van der Waals surface area (Å²) >= 11 is 1.22. The van der Waals surface area contributed by atoms with Crippen molar-refractivity contribution in [1.82, 2.24) is 9.97 Å². The van der Waals surface area contributed by atoms with Gasteiger partial charge in [-0.2, -0.15) is 0 Å². The molecular weight excluding hydrogens is 457 g/mol. The van der Waals surface area contributed by atoms with E-state index in [4.69, 9.17) is 9.47 Å². The Labute approximate surface area is 200 Å². The molecule has 0 aliphatic carbocycles. The van der Waals surface area contributed by atoms with Gasteiger partial charge in [0.1, 0.15) is 17.4 Å². The third kappa shape index (κ3) is 4.56. The molecule has 1 atom stereocenters. The summed E-state index contributed by atoms with van der Waals surface area (Å²) in [6.07, 6.45) is 0. The van der Waals surface area contributed by atoms with Crippen molar-refractivity contribution < 1.29 is 18.7 Å². The third-order valence-corrected chi connectivity index (χ3v) is 6.41. The zero-order chi connectivity index (χ0) is 24.2. The molecule has 1 aliphatic rings. The second kappa shape index (κ2) is 10.1. The molecule has 0 spiro atoms. The topological polar surface area (TPSA) is 93.3 Å².